The Morgan fingerprint density at radius 1 is 1.08 bits per heavy atom. The molecule has 0 heteroatoms. The molecule has 0 heterocycles. The van der Waals surface area contributed by atoms with Crippen LogP contribution >= 0.6 is 0 Å². The van der Waals surface area contributed by atoms with Crippen molar-refractivity contribution >= 4 is 0 Å². The highest BCUT2D eigenvalue weighted by Gasteiger charge is 2.23. The molecular weight excluding hydrogens is 144 g/mol. The van der Waals surface area contributed by atoms with Crippen molar-refractivity contribution in [2.75, 3.05) is 0 Å². The van der Waals surface area contributed by atoms with E-state index >= 15 is 0 Å². The van der Waals surface area contributed by atoms with Crippen LogP contribution in [0.2, 0.25) is 0 Å². The van der Waals surface area contributed by atoms with Gasteiger partial charge in [0.15, 0.2) is 0 Å². The van der Waals surface area contributed by atoms with E-state index in [9.17, 15) is 0 Å². The van der Waals surface area contributed by atoms with Crippen LogP contribution in [0.4, 0.5) is 0 Å². The van der Waals surface area contributed by atoms with Crippen LogP contribution < -0.4 is 0 Å². The Labute approximate surface area is 76.1 Å². The van der Waals surface area contributed by atoms with E-state index in [1.165, 1.54) is 51.4 Å². The molecule has 0 saturated heterocycles. The zero-order chi connectivity index (χ0) is 8.39. The van der Waals surface area contributed by atoms with E-state index in [2.05, 4.69) is 6.92 Å². The van der Waals surface area contributed by atoms with Gasteiger partial charge in [0.05, 0.1) is 0 Å². The number of hydrogen-bond donors (Lipinski definition) is 0. The highest BCUT2D eigenvalue weighted by Crippen LogP contribution is 2.40. The van der Waals surface area contributed by atoms with Gasteiger partial charge < -0.3 is 0 Å². The molecule has 0 nitrogen and oxygen atoms in total. The van der Waals surface area contributed by atoms with Crippen molar-refractivity contribution in [2.45, 2.75) is 58.3 Å². The number of hydrogen-bond acceptors (Lipinski definition) is 0. The molecule has 2 aliphatic rings. The summed E-state index contributed by atoms with van der Waals surface area (Å²) in [6, 6.07) is 0. The van der Waals surface area contributed by atoms with Crippen LogP contribution in [-0.4, -0.2) is 0 Å². The lowest BCUT2D eigenvalue weighted by atomic mass is 9.75. The summed E-state index contributed by atoms with van der Waals surface area (Å²) in [5.74, 6) is 0.981. The summed E-state index contributed by atoms with van der Waals surface area (Å²) >= 11 is 0. The van der Waals surface area contributed by atoms with E-state index in [4.69, 9.17) is 0 Å². The fraction of sp³-hybridized carbons (Fsp3) is 0.833. The molecule has 12 heavy (non-hydrogen) atoms. The van der Waals surface area contributed by atoms with Gasteiger partial charge in [0, 0.05) is 0 Å². The first-order valence-electron chi connectivity index (χ1n) is 5.62. The van der Waals surface area contributed by atoms with Gasteiger partial charge in [-0.3, -0.25) is 0 Å². The topological polar surface area (TPSA) is 0 Å². The summed E-state index contributed by atoms with van der Waals surface area (Å²) in [5.41, 5.74) is 3.74. The van der Waals surface area contributed by atoms with Crippen molar-refractivity contribution in [3.8, 4) is 0 Å². The molecule has 0 aromatic carbocycles. The SMILES string of the molecule is CCC1CCCC2=C1CCCC2. The summed E-state index contributed by atoms with van der Waals surface area (Å²) in [7, 11) is 0. The molecule has 0 fully saturated rings. The van der Waals surface area contributed by atoms with Gasteiger partial charge in [-0.05, 0) is 57.3 Å². The van der Waals surface area contributed by atoms with Gasteiger partial charge >= 0.3 is 0 Å². The molecule has 0 N–H and O–H groups in total. The van der Waals surface area contributed by atoms with Crippen molar-refractivity contribution in [3.63, 3.8) is 0 Å². The molecule has 2 aliphatic carbocycles. The Kier molecular flexibility index (Phi) is 2.53. The highest BCUT2D eigenvalue weighted by atomic mass is 14.3. The summed E-state index contributed by atoms with van der Waals surface area (Å²) in [5, 5.41) is 0. The molecule has 0 radical (unpaired) electrons. The van der Waals surface area contributed by atoms with Gasteiger partial charge in [0.2, 0.25) is 0 Å². The highest BCUT2D eigenvalue weighted by molar-refractivity contribution is 5.22. The number of allylic oxidation sites excluding steroid dienone is 2. The van der Waals surface area contributed by atoms with Crippen LogP contribution in [-0.2, 0) is 0 Å². The minimum absolute atomic E-state index is 0.981. The van der Waals surface area contributed by atoms with Crippen LogP contribution in [0.3, 0.4) is 0 Å². The molecular formula is C12H20. The van der Waals surface area contributed by atoms with Crippen molar-refractivity contribution in [1.29, 1.82) is 0 Å². The Balaban J connectivity index is 2.18. The Morgan fingerprint density at radius 2 is 1.83 bits per heavy atom. The molecule has 0 amide bonds. The van der Waals surface area contributed by atoms with Crippen molar-refractivity contribution in [3.05, 3.63) is 11.1 Å². The first-order chi connectivity index (χ1) is 5.92. The normalized spacial score (nSPS) is 30.2. The minimum Gasteiger partial charge on any atom is -0.0707 e. The van der Waals surface area contributed by atoms with Gasteiger partial charge in [-0.25, -0.2) is 0 Å². The predicted molar refractivity (Wildman–Crippen MR) is 53.1 cm³/mol. The third-order valence-corrected chi connectivity index (χ3v) is 3.65. The molecule has 0 aliphatic heterocycles. The quantitative estimate of drug-likeness (QED) is 0.512. The lowest BCUT2D eigenvalue weighted by Gasteiger charge is -2.31. The van der Waals surface area contributed by atoms with Crippen LogP contribution in [0.15, 0.2) is 11.1 Å². The van der Waals surface area contributed by atoms with Gasteiger partial charge in [0.1, 0.15) is 0 Å². The van der Waals surface area contributed by atoms with Gasteiger partial charge in [-0.2, -0.15) is 0 Å². The molecule has 0 saturated carbocycles. The van der Waals surface area contributed by atoms with Gasteiger partial charge in [-0.1, -0.05) is 18.1 Å². The molecule has 0 aromatic heterocycles. The van der Waals surface area contributed by atoms with Crippen molar-refractivity contribution in [1.82, 2.24) is 0 Å². The summed E-state index contributed by atoms with van der Waals surface area (Å²) in [6.45, 7) is 2.36. The first-order valence-corrected chi connectivity index (χ1v) is 5.62. The third-order valence-electron chi connectivity index (χ3n) is 3.65. The van der Waals surface area contributed by atoms with E-state index in [-0.39, 0.29) is 0 Å². The monoisotopic (exact) mass is 164 g/mol. The predicted octanol–water partition coefficient (Wildman–Crippen LogP) is 4.07. The maximum atomic E-state index is 2.36. The van der Waals surface area contributed by atoms with Crippen LogP contribution in [0.25, 0.3) is 0 Å². The summed E-state index contributed by atoms with van der Waals surface area (Å²) in [6.07, 6.45) is 11.6. The maximum Gasteiger partial charge on any atom is -0.0203 e. The second-order valence-corrected chi connectivity index (χ2v) is 4.33. The standard InChI is InChI=1S/C12H20/c1-2-10-7-5-8-11-6-3-4-9-12(10)11/h10H,2-9H2,1H3. The Hall–Kier alpha value is -0.260. The lowest BCUT2D eigenvalue weighted by molar-refractivity contribution is 0.435. The molecule has 1 atom stereocenters. The van der Waals surface area contributed by atoms with Crippen LogP contribution in [0, 0.1) is 5.92 Å². The summed E-state index contributed by atoms with van der Waals surface area (Å²) in [4.78, 5) is 0. The third kappa shape index (κ3) is 1.44. The van der Waals surface area contributed by atoms with Gasteiger partial charge in [-0.15, -0.1) is 0 Å². The fourth-order valence-corrected chi connectivity index (χ4v) is 2.96. The van der Waals surface area contributed by atoms with E-state index in [0.29, 0.717) is 0 Å². The molecule has 0 spiro atoms. The zero-order valence-corrected chi connectivity index (χ0v) is 8.23. The minimum atomic E-state index is 0.981. The average Bonchev–Trinajstić information content (AvgIpc) is 2.17. The average molecular weight is 164 g/mol. The Morgan fingerprint density at radius 3 is 2.67 bits per heavy atom. The molecule has 0 bridgehead atoms. The van der Waals surface area contributed by atoms with Crippen molar-refractivity contribution < 1.29 is 0 Å². The first kappa shape index (κ1) is 8.34. The lowest BCUT2D eigenvalue weighted by Crippen LogP contribution is -2.14. The Bertz CT molecular complexity index is 184. The van der Waals surface area contributed by atoms with E-state index in [0.717, 1.165) is 5.92 Å². The van der Waals surface area contributed by atoms with Crippen LogP contribution in [0.5, 0.6) is 0 Å². The summed E-state index contributed by atoms with van der Waals surface area (Å²) < 4.78 is 0. The largest absolute Gasteiger partial charge is 0.0707 e. The molecule has 1 unspecified atom stereocenters. The second-order valence-electron chi connectivity index (χ2n) is 4.33. The number of rotatable bonds is 1. The van der Waals surface area contributed by atoms with Gasteiger partial charge in [0.25, 0.3) is 0 Å². The molecule has 68 valence electrons. The smallest absolute Gasteiger partial charge is 0.0203 e. The maximum absolute atomic E-state index is 2.36. The second kappa shape index (κ2) is 3.64. The molecule has 2 rings (SSSR count). The zero-order valence-electron chi connectivity index (χ0n) is 8.23. The van der Waals surface area contributed by atoms with E-state index in [1.54, 1.807) is 0 Å². The van der Waals surface area contributed by atoms with Crippen molar-refractivity contribution in [2.24, 2.45) is 5.92 Å². The van der Waals surface area contributed by atoms with E-state index < -0.39 is 0 Å². The fourth-order valence-electron chi connectivity index (χ4n) is 2.96. The molecule has 0 aromatic rings. The van der Waals surface area contributed by atoms with Crippen LogP contribution in [0.1, 0.15) is 58.3 Å². The van der Waals surface area contributed by atoms with E-state index in [1.807, 2.05) is 11.1 Å².